The fraction of sp³-hybridized carbons (Fsp3) is 1.00. The first-order valence-corrected chi connectivity index (χ1v) is 2.87. The van der Waals surface area contributed by atoms with Crippen molar-refractivity contribution in [2.75, 3.05) is 0 Å². The molecule has 0 aliphatic heterocycles. The van der Waals surface area contributed by atoms with Crippen LogP contribution in [0.5, 0.6) is 0 Å². The molecule has 0 saturated heterocycles. The molecule has 0 heterocycles. The first kappa shape index (κ1) is 9.80. The van der Waals surface area contributed by atoms with Crippen molar-refractivity contribution >= 4 is 0 Å². The molecule has 5 N–H and O–H groups in total. The molecule has 0 aliphatic carbocycles. The molecule has 0 bridgehead atoms. The van der Waals surface area contributed by atoms with Crippen molar-refractivity contribution in [2.24, 2.45) is 0 Å². The monoisotopic (exact) mass is 152 g/mol. The van der Waals surface area contributed by atoms with Gasteiger partial charge in [-0.3, -0.25) is 0 Å². The standard InChI is InChI=1S/C5H12O5/c1-2(6)3(7)4(8)5(9)10/h2-10H,1H3/t2-,3+,4+/m0/s1. The highest BCUT2D eigenvalue weighted by Crippen LogP contribution is 2.01. The van der Waals surface area contributed by atoms with Crippen molar-refractivity contribution < 1.29 is 25.5 Å². The number of rotatable bonds is 3. The fourth-order valence-electron chi connectivity index (χ4n) is 0.462. The van der Waals surface area contributed by atoms with Crippen LogP contribution in [0.2, 0.25) is 0 Å². The third kappa shape index (κ3) is 2.59. The largest absolute Gasteiger partial charge is 0.391 e. The maximum Gasteiger partial charge on any atom is 0.180 e. The molecule has 5 nitrogen and oxygen atoms in total. The van der Waals surface area contributed by atoms with Crippen molar-refractivity contribution in [3.8, 4) is 0 Å². The Balaban J connectivity index is 3.81. The normalized spacial score (nSPS) is 20.7. The van der Waals surface area contributed by atoms with Crippen LogP contribution in [0.4, 0.5) is 0 Å². The van der Waals surface area contributed by atoms with Gasteiger partial charge in [-0.1, -0.05) is 0 Å². The zero-order chi connectivity index (χ0) is 8.31. The van der Waals surface area contributed by atoms with Gasteiger partial charge in [0.2, 0.25) is 0 Å². The molecule has 0 spiro atoms. The zero-order valence-electron chi connectivity index (χ0n) is 5.55. The lowest BCUT2D eigenvalue weighted by atomic mass is 10.1. The van der Waals surface area contributed by atoms with Gasteiger partial charge in [0.25, 0.3) is 0 Å². The predicted octanol–water partition coefficient (Wildman–Crippen LogP) is -2.60. The molecule has 0 amide bonds. The summed E-state index contributed by atoms with van der Waals surface area (Å²) in [5.74, 6) is 0. The average molecular weight is 152 g/mol. The number of hydrogen-bond donors (Lipinski definition) is 5. The van der Waals surface area contributed by atoms with Crippen LogP contribution in [-0.2, 0) is 0 Å². The van der Waals surface area contributed by atoms with Gasteiger partial charge < -0.3 is 25.5 Å². The van der Waals surface area contributed by atoms with Gasteiger partial charge >= 0.3 is 0 Å². The Labute approximate surface area is 58.2 Å². The number of aliphatic hydroxyl groups excluding tert-OH is 4. The number of hydrogen-bond acceptors (Lipinski definition) is 5. The zero-order valence-corrected chi connectivity index (χ0v) is 5.55. The van der Waals surface area contributed by atoms with Gasteiger partial charge in [0.15, 0.2) is 6.29 Å². The van der Waals surface area contributed by atoms with E-state index >= 15 is 0 Å². The van der Waals surface area contributed by atoms with E-state index in [1.807, 2.05) is 0 Å². The van der Waals surface area contributed by atoms with Crippen LogP contribution in [0.25, 0.3) is 0 Å². The van der Waals surface area contributed by atoms with E-state index in [1.165, 1.54) is 6.92 Å². The predicted molar refractivity (Wildman–Crippen MR) is 31.9 cm³/mol. The third-order valence-corrected chi connectivity index (χ3v) is 1.15. The van der Waals surface area contributed by atoms with Gasteiger partial charge in [-0.2, -0.15) is 0 Å². The van der Waals surface area contributed by atoms with Crippen molar-refractivity contribution in [2.45, 2.75) is 31.5 Å². The van der Waals surface area contributed by atoms with E-state index < -0.39 is 24.6 Å². The second-order valence-corrected chi connectivity index (χ2v) is 2.14. The Morgan fingerprint density at radius 3 is 1.30 bits per heavy atom. The summed E-state index contributed by atoms with van der Waals surface area (Å²) >= 11 is 0. The van der Waals surface area contributed by atoms with Crippen LogP contribution in [0.15, 0.2) is 0 Å². The summed E-state index contributed by atoms with van der Waals surface area (Å²) < 4.78 is 0. The molecular formula is C5H12O5. The summed E-state index contributed by atoms with van der Waals surface area (Å²) in [7, 11) is 0. The Kier molecular flexibility index (Phi) is 3.77. The SMILES string of the molecule is C[C@H](O)[C@@H](O)[C@@H](O)C(O)O. The van der Waals surface area contributed by atoms with E-state index in [0.29, 0.717) is 0 Å². The smallest absolute Gasteiger partial charge is 0.180 e. The van der Waals surface area contributed by atoms with E-state index in [-0.39, 0.29) is 0 Å². The molecule has 62 valence electrons. The van der Waals surface area contributed by atoms with Gasteiger partial charge in [-0.25, -0.2) is 0 Å². The van der Waals surface area contributed by atoms with Crippen LogP contribution in [-0.4, -0.2) is 50.1 Å². The molecule has 5 heteroatoms. The Morgan fingerprint density at radius 2 is 1.20 bits per heavy atom. The molecule has 0 saturated carbocycles. The van der Waals surface area contributed by atoms with Crippen molar-refractivity contribution in [3.63, 3.8) is 0 Å². The second kappa shape index (κ2) is 3.85. The maximum absolute atomic E-state index is 8.75. The second-order valence-electron chi connectivity index (χ2n) is 2.14. The summed E-state index contributed by atoms with van der Waals surface area (Å²) in [5.41, 5.74) is 0. The highest BCUT2D eigenvalue weighted by Gasteiger charge is 2.26. The summed E-state index contributed by atoms with van der Waals surface area (Å²) in [6, 6.07) is 0. The summed E-state index contributed by atoms with van der Waals surface area (Å²) in [6.07, 6.45) is -6.46. The lowest BCUT2D eigenvalue weighted by molar-refractivity contribution is -0.174. The Morgan fingerprint density at radius 1 is 0.800 bits per heavy atom. The third-order valence-electron chi connectivity index (χ3n) is 1.15. The van der Waals surface area contributed by atoms with Crippen LogP contribution < -0.4 is 0 Å². The lowest BCUT2D eigenvalue weighted by Crippen LogP contribution is -2.43. The molecule has 0 aromatic rings. The minimum atomic E-state index is -2.02. The molecular weight excluding hydrogens is 140 g/mol. The van der Waals surface area contributed by atoms with Crippen molar-refractivity contribution in [3.05, 3.63) is 0 Å². The van der Waals surface area contributed by atoms with E-state index in [1.54, 1.807) is 0 Å². The van der Waals surface area contributed by atoms with Crippen molar-refractivity contribution in [1.29, 1.82) is 0 Å². The molecule has 10 heavy (non-hydrogen) atoms. The molecule has 3 atom stereocenters. The van der Waals surface area contributed by atoms with Gasteiger partial charge in [0.1, 0.15) is 12.2 Å². The van der Waals surface area contributed by atoms with Gasteiger partial charge in [0, 0.05) is 0 Å². The van der Waals surface area contributed by atoms with E-state index in [9.17, 15) is 0 Å². The molecule has 0 rings (SSSR count). The van der Waals surface area contributed by atoms with E-state index in [0.717, 1.165) is 0 Å². The molecule has 0 unspecified atom stereocenters. The lowest BCUT2D eigenvalue weighted by Gasteiger charge is -2.20. The summed E-state index contributed by atoms with van der Waals surface area (Å²) in [6.45, 7) is 1.23. The first-order chi connectivity index (χ1) is 4.46. The quantitative estimate of drug-likeness (QED) is 0.285. The van der Waals surface area contributed by atoms with Gasteiger partial charge in [0.05, 0.1) is 6.10 Å². The van der Waals surface area contributed by atoms with E-state index in [4.69, 9.17) is 25.5 Å². The number of aliphatic hydroxyl groups is 5. The van der Waals surface area contributed by atoms with Crippen LogP contribution in [0.1, 0.15) is 6.92 Å². The highest BCUT2D eigenvalue weighted by molar-refractivity contribution is 4.72. The van der Waals surface area contributed by atoms with Crippen molar-refractivity contribution in [1.82, 2.24) is 0 Å². The maximum atomic E-state index is 8.75. The topological polar surface area (TPSA) is 101 Å². The Hall–Kier alpha value is -0.200. The minimum absolute atomic E-state index is 1.18. The van der Waals surface area contributed by atoms with Gasteiger partial charge in [-0.15, -0.1) is 0 Å². The summed E-state index contributed by atoms with van der Waals surface area (Å²) in [5, 5.41) is 42.6. The Bertz CT molecular complexity index is 80.0. The van der Waals surface area contributed by atoms with Crippen LogP contribution in [0, 0.1) is 0 Å². The average Bonchev–Trinajstić information content (AvgIpc) is 1.84. The van der Waals surface area contributed by atoms with Crippen LogP contribution >= 0.6 is 0 Å². The van der Waals surface area contributed by atoms with Crippen LogP contribution in [0.3, 0.4) is 0 Å². The van der Waals surface area contributed by atoms with E-state index in [2.05, 4.69) is 0 Å². The minimum Gasteiger partial charge on any atom is -0.391 e. The fourth-order valence-corrected chi connectivity index (χ4v) is 0.462. The molecule has 0 radical (unpaired) electrons. The highest BCUT2D eigenvalue weighted by atomic mass is 16.5. The van der Waals surface area contributed by atoms with Gasteiger partial charge in [-0.05, 0) is 6.92 Å². The molecule has 0 aliphatic rings. The molecule has 0 aromatic heterocycles. The summed E-state index contributed by atoms with van der Waals surface area (Å²) in [4.78, 5) is 0. The molecule has 0 fully saturated rings. The molecule has 0 aromatic carbocycles. The first-order valence-electron chi connectivity index (χ1n) is 2.87.